The van der Waals surface area contributed by atoms with Crippen LogP contribution in [0.1, 0.15) is 41.5 Å². The molecule has 7 nitrogen and oxygen atoms in total. The number of hydrogen-bond acceptors (Lipinski definition) is 3. The first-order chi connectivity index (χ1) is 12.1. The Bertz CT molecular complexity index is 889. The average Bonchev–Trinajstić information content (AvgIpc) is 3.35. The molecule has 1 aliphatic heterocycles. The number of amides is 1. The van der Waals surface area contributed by atoms with Gasteiger partial charge in [0.05, 0.1) is 17.4 Å². The average molecular weight is 338 g/mol. The number of hydrogen-bond donors (Lipinski definition) is 1. The number of nitrogens with zero attached hydrogens (tertiary/aromatic N) is 5. The van der Waals surface area contributed by atoms with Crippen LogP contribution in [0.25, 0.3) is 11.4 Å². The van der Waals surface area contributed by atoms with Gasteiger partial charge in [-0.15, -0.1) is 0 Å². The van der Waals surface area contributed by atoms with E-state index in [-0.39, 0.29) is 11.9 Å². The van der Waals surface area contributed by atoms with Crippen molar-refractivity contribution >= 4 is 5.91 Å². The van der Waals surface area contributed by atoms with Crippen LogP contribution in [-0.2, 0) is 14.1 Å². The SMILES string of the molecule is Cn1ccc(C2CCCCN2C(=O)c2cc(-c3cccn3C)n[nH]2)n1. The smallest absolute Gasteiger partial charge is 0.272 e. The van der Waals surface area contributed by atoms with Gasteiger partial charge in [-0.25, -0.2) is 0 Å². The van der Waals surface area contributed by atoms with Crippen molar-refractivity contribution in [3.05, 3.63) is 48.0 Å². The van der Waals surface area contributed by atoms with Gasteiger partial charge in [-0.1, -0.05) is 0 Å². The van der Waals surface area contributed by atoms with E-state index in [1.165, 1.54) is 0 Å². The molecule has 0 aromatic carbocycles. The topological polar surface area (TPSA) is 71.7 Å². The van der Waals surface area contributed by atoms with E-state index in [0.29, 0.717) is 5.69 Å². The number of likely N-dealkylation sites (tertiary alicyclic amines) is 1. The van der Waals surface area contributed by atoms with Gasteiger partial charge in [-0.3, -0.25) is 14.6 Å². The quantitative estimate of drug-likeness (QED) is 0.797. The predicted molar refractivity (Wildman–Crippen MR) is 93.8 cm³/mol. The lowest BCUT2D eigenvalue weighted by molar-refractivity contribution is 0.0599. The summed E-state index contributed by atoms with van der Waals surface area (Å²) in [5, 5.41) is 11.8. The van der Waals surface area contributed by atoms with Crippen LogP contribution in [0.15, 0.2) is 36.7 Å². The summed E-state index contributed by atoms with van der Waals surface area (Å²) < 4.78 is 3.78. The highest BCUT2D eigenvalue weighted by atomic mass is 16.2. The Morgan fingerprint density at radius 2 is 2.12 bits per heavy atom. The third-order valence-electron chi connectivity index (χ3n) is 4.85. The summed E-state index contributed by atoms with van der Waals surface area (Å²) in [4.78, 5) is 15.0. The van der Waals surface area contributed by atoms with Crippen LogP contribution in [0.3, 0.4) is 0 Å². The van der Waals surface area contributed by atoms with Crippen LogP contribution in [0.2, 0.25) is 0 Å². The molecule has 0 saturated carbocycles. The van der Waals surface area contributed by atoms with Gasteiger partial charge in [0.2, 0.25) is 0 Å². The first-order valence-corrected chi connectivity index (χ1v) is 8.61. The lowest BCUT2D eigenvalue weighted by Gasteiger charge is -2.34. The van der Waals surface area contributed by atoms with Gasteiger partial charge >= 0.3 is 0 Å². The molecule has 130 valence electrons. The summed E-state index contributed by atoms with van der Waals surface area (Å²) in [6, 6.07) is 7.82. The van der Waals surface area contributed by atoms with Crippen molar-refractivity contribution in [1.29, 1.82) is 0 Å². The minimum Gasteiger partial charge on any atom is -0.349 e. The van der Waals surface area contributed by atoms with E-state index in [2.05, 4.69) is 15.3 Å². The second kappa shape index (κ2) is 6.23. The maximum absolute atomic E-state index is 13.1. The fourth-order valence-corrected chi connectivity index (χ4v) is 3.54. The van der Waals surface area contributed by atoms with Crippen molar-refractivity contribution in [2.45, 2.75) is 25.3 Å². The zero-order chi connectivity index (χ0) is 17.4. The molecule has 4 heterocycles. The van der Waals surface area contributed by atoms with E-state index in [1.54, 1.807) is 4.68 Å². The van der Waals surface area contributed by atoms with E-state index < -0.39 is 0 Å². The van der Waals surface area contributed by atoms with Crippen LogP contribution >= 0.6 is 0 Å². The monoisotopic (exact) mass is 338 g/mol. The van der Waals surface area contributed by atoms with E-state index in [4.69, 9.17) is 0 Å². The van der Waals surface area contributed by atoms with Gasteiger partial charge in [0, 0.05) is 33.0 Å². The molecule has 3 aromatic heterocycles. The fourth-order valence-electron chi connectivity index (χ4n) is 3.54. The minimum absolute atomic E-state index is 0.0108. The summed E-state index contributed by atoms with van der Waals surface area (Å²) in [5.41, 5.74) is 3.24. The summed E-state index contributed by atoms with van der Waals surface area (Å²) in [6.45, 7) is 0.749. The fraction of sp³-hybridized carbons (Fsp3) is 0.389. The number of aromatic nitrogens is 5. The van der Waals surface area contributed by atoms with Crippen LogP contribution in [0.5, 0.6) is 0 Å². The maximum Gasteiger partial charge on any atom is 0.272 e. The third kappa shape index (κ3) is 2.86. The molecule has 1 saturated heterocycles. The third-order valence-corrected chi connectivity index (χ3v) is 4.85. The highest BCUT2D eigenvalue weighted by molar-refractivity contribution is 5.93. The van der Waals surface area contributed by atoms with E-state index >= 15 is 0 Å². The minimum atomic E-state index is -0.0108. The molecule has 1 N–H and O–H groups in total. The normalized spacial score (nSPS) is 17.8. The van der Waals surface area contributed by atoms with Gasteiger partial charge in [0.1, 0.15) is 11.4 Å². The molecule has 1 fully saturated rings. The Balaban J connectivity index is 1.61. The first kappa shape index (κ1) is 15.7. The van der Waals surface area contributed by atoms with Crippen molar-refractivity contribution in [2.24, 2.45) is 14.1 Å². The van der Waals surface area contributed by atoms with Crippen molar-refractivity contribution in [3.63, 3.8) is 0 Å². The molecule has 0 spiro atoms. The molecule has 7 heteroatoms. The molecule has 1 amide bonds. The molecular formula is C18H22N6O. The Kier molecular flexibility index (Phi) is 3.91. The number of piperidine rings is 1. The summed E-state index contributed by atoms with van der Waals surface area (Å²) in [5.74, 6) is -0.0108. The Morgan fingerprint density at radius 3 is 2.84 bits per heavy atom. The van der Waals surface area contributed by atoms with Gasteiger partial charge < -0.3 is 9.47 Å². The molecule has 4 rings (SSSR count). The largest absolute Gasteiger partial charge is 0.349 e. The van der Waals surface area contributed by atoms with Crippen molar-refractivity contribution in [1.82, 2.24) is 29.4 Å². The van der Waals surface area contributed by atoms with Gasteiger partial charge in [0.25, 0.3) is 5.91 Å². The molecular weight excluding hydrogens is 316 g/mol. The first-order valence-electron chi connectivity index (χ1n) is 8.61. The lowest BCUT2D eigenvalue weighted by Crippen LogP contribution is -2.39. The molecule has 1 unspecified atom stereocenters. The highest BCUT2D eigenvalue weighted by Crippen LogP contribution is 2.31. The summed E-state index contributed by atoms with van der Waals surface area (Å²) in [7, 11) is 3.87. The summed E-state index contributed by atoms with van der Waals surface area (Å²) in [6.07, 6.45) is 6.97. The molecule has 1 atom stereocenters. The second-order valence-electron chi connectivity index (χ2n) is 6.60. The second-order valence-corrected chi connectivity index (χ2v) is 6.60. The van der Waals surface area contributed by atoms with Gasteiger partial charge in [-0.2, -0.15) is 10.2 Å². The molecule has 0 aliphatic carbocycles. The molecule has 3 aromatic rings. The van der Waals surface area contributed by atoms with Crippen LogP contribution < -0.4 is 0 Å². The van der Waals surface area contributed by atoms with Crippen LogP contribution in [-0.4, -0.2) is 41.9 Å². The van der Waals surface area contributed by atoms with E-state index in [9.17, 15) is 4.79 Å². The Labute approximate surface area is 146 Å². The highest BCUT2D eigenvalue weighted by Gasteiger charge is 2.31. The number of nitrogens with one attached hydrogen (secondary N) is 1. The molecule has 0 radical (unpaired) electrons. The number of aryl methyl sites for hydroxylation is 2. The number of rotatable bonds is 3. The molecule has 0 bridgehead atoms. The Hall–Kier alpha value is -2.83. The number of carbonyl (C=O) groups excluding carboxylic acids is 1. The lowest BCUT2D eigenvalue weighted by atomic mass is 9.99. The zero-order valence-electron chi connectivity index (χ0n) is 14.5. The van der Waals surface area contributed by atoms with Crippen molar-refractivity contribution in [3.8, 4) is 11.4 Å². The molecule has 1 aliphatic rings. The van der Waals surface area contributed by atoms with E-state index in [1.807, 2.05) is 60.2 Å². The zero-order valence-corrected chi connectivity index (χ0v) is 14.5. The Morgan fingerprint density at radius 1 is 1.24 bits per heavy atom. The van der Waals surface area contributed by atoms with Crippen molar-refractivity contribution in [2.75, 3.05) is 6.54 Å². The van der Waals surface area contributed by atoms with Crippen LogP contribution in [0.4, 0.5) is 0 Å². The van der Waals surface area contributed by atoms with Gasteiger partial charge in [-0.05, 0) is 43.5 Å². The maximum atomic E-state index is 13.1. The number of carbonyl (C=O) groups is 1. The van der Waals surface area contributed by atoms with E-state index in [0.717, 1.165) is 42.9 Å². The molecule has 25 heavy (non-hydrogen) atoms. The van der Waals surface area contributed by atoms with Crippen molar-refractivity contribution < 1.29 is 4.79 Å². The number of aromatic amines is 1. The predicted octanol–water partition coefficient (Wildman–Crippen LogP) is 2.52. The number of H-pyrrole nitrogens is 1. The standard InChI is InChI=1S/C18H22N6O/c1-22-9-5-7-16(22)14-12-15(20-19-14)18(25)24-10-4-3-6-17(24)13-8-11-23(2)21-13/h5,7-9,11-12,17H,3-4,6,10H2,1-2H3,(H,19,20). The van der Waals surface area contributed by atoms with Gasteiger partial charge in [0.15, 0.2) is 0 Å². The summed E-state index contributed by atoms with van der Waals surface area (Å²) >= 11 is 0. The van der Waals surface area contributed by atoms with Crippen LogP contribution in [0, 0.1) is 0 Å².